The first-order chi connectivity index (χ1) is 11.4. The smallest absolute Gasteiger partial charge is 0.262 e. The minimum absolute atomic E-state index is 0. The minimum Gasteiger partial charge on any atom is -0.337 e. The highest BCUT2D eigenvalue weighted by molar-refractivity contribution is 7.89. The zero-order chi connectivity index (χ0) is 17.3. The summed E-state index contributed by atoms with van der Waals surface area (Å²) in [5.41, 5.74) is 2.26. The Hall–Kier alpha value is -1.41. The van der Waals surface area contributed by atoms with Crippen LogP contribution in [0.15, 0.2) is 35.5 Å². The van der Waals surface area contributed by atoms with Crippen LogP contribution in [0.2, 0.25) is 0 Å². The molecule has 1 unspecified atom stereocenters. The van der Waals surface area contributed by atoms with Crippen LogP contribution >= 0.6 is 12.4 Å². The molecule has 0 radical (unpaired) electrons. The molecule has 1 N–H and O–H groups in total. The third kappa shape index (κ3) is 3.89. The van der Waals surface area contributed by atoms with Gasteiger partial charge >= 0.3 is 0 Å². The van der Waals surface area contributed by atoms with Crippen molar-refractivity contribution in [2.45, 2.75) is 31.3 Å². The van der Waals surface area contributed by atoms with Crippen molar-refractivity contribution < 1.29 is 8.42 Å². The number of rotatable bonds is 4. The van der Waals surface area contributed by atoms with Crippen LogP contribution in [0.25, 0.3) is 0 Å². The summed E-state index contributed by atoms with van der Waals surface area (Å²) in [6.07, 6.45) is 2.56. The molecule has 1 aliphatic rings. The molecule has 3 rings (SSSR count). The third-order valence-electron chi connectivity index (χ3n) is 4.63. The highest BCUT2D eigenvalue weighted by atomic mass is 35.5. The van der Waals surface area contributed by atoms with Gasteiger partial charge in [-0.1, -0.05) is 31.2 Å². The molecule has 25 heavy (non-hydrogen) atoms. The van der Waals surface area contributed by atoms with Gasteiger partial charge in [0.25, 0.3) is 10.0 Å². The molecule has 0 amide bonds. The van der Waals surface area contributed by atoms with Crippen LogP contribution < -0.4 is 5.32 Å². The van der Waals surface area contributed by atoms with E-state index in [-0.39, 0.29) is 23.5 Å². The lowest BCUT2D eigenvalue weighted by Crippen LogP contribution is -2.48. The fourth-order valence-corrected chi connectivity index (χ4v) is 4.65. The van der Waals surface area contributed by atoms with Gasteiger partial charge in [0.05, 0.1) is 6.04 Å². The molecule has 1 aromatic heterocycles. The lowest BCUT2D eigenvalue weighted by Gasteiger charge is -2.35. The molecule has 138 valence electrons. The number of halogens is 1. The molecule has 6 nitrogen and oxygen atoms in total. The Kier molecular flexibility index (Phi) is 6.26. The molecule has 1 fully saturated rings. The first-order valence-electron chi connectivity index (χ1n) is 8.25. The summed E-state index contributed by atoms with van der Waals surface area (Å²) >= 11 is 0. The second-order valence-corrected chi connectivity index (χ2v) is 8.01. The predicted octanol–water partition coefficient (Wildman–Crippen LogP) is 2.05. The Morgan fingerprint density at radius 3 is 2.52 bits per heavy atom. The number of benzene rings is 1. The van der Waals surface area contributed by atoms with E-state index in [0.29, 0.717) is 25.5 Å². The molecule has 0 saturated carbocycles. The first-order valence-corrected chi connectivity index (χ1v) is 9.69. The molecular weight excluding hydrogens is 360 g/mol. The standard InChI is InChI=1S/C17H24N4O2S.ClH/c1-4-14-5-7-15(8-6-14)16-11-18-9-10-21(16)24(22,23)17-12-20(3)13(2)19-17;/h5-8,12,16,18H,4,9-11H2,1-3H3;1H. The normalized spacial score (nSPS) is 18.8. The predicted molar refractivity (Wildman–Crippen MR) is 101 cm³/mol. The number of hydrogen-bond donors (Lipinski definition) is 1. The SMILES string of the molecule is CCc1ccc(C2CNCCN2S(=O)(=O)c2cn(C)c(C)n2)cc1.Cl. The van der Waals surface area contributed by atoms with Gasteiger partial charge in [0.1, 0.15) is 5.82 Å². The number of nitrogens with zero attached hydrogens (tertiary/aromatic N) is 3. The minimum atomic E-state index is -3.62. The van der Waals surface area contributed by atoms with Crippen molar-refractivity contribution in [1.29, 1.82) is 0 Å². The first kappa shape index (κ1) is 19.9. The molecule has 1 saturated heterocycles. The Morgan fingerprint density at radius 1 is 1.28 bits per heavy atom. The van der Waals surface area contributed by atoms with Crippen molar-refractivity contribution in [2.24, 2.45) is 7.05 Å². The topological polar surface area (TPSA) is 67.2 Å². The third-order valence-corrected chi connectivity index (χ3v) is 6.41. The highest BCUT2D eigenvalue weighted by Crippen LogP contribution is 2.28. The maximum Gasteiger partial charge on any atom is 0.262 e. The zero-order valence-electron chi connectivity index (χ0n) is 14.8. The fourth-order valence-electron chi connectivity index (χ4n) is 3.00. The van der Waals surface area contributed by atoms with Crippen LogP contribution in [-0.2, 0) is 23.5 Å². The van der Waals surface area contributed by atoms with Crippen LogP contribution in [0.4, 0.5) is 0 Å². The number of piperazine rings is 1. The van der Waals surface area contributed by atoms with Crippen molar-refractivity contribution in [1.82, 2.24) is 19.2 Å². The monoisotopic (exact) mass is 384 g/mol. The van der Waals surface area contributed by atoms with Gasteiger partial charge in [0.15, 0.2) is 5.03 Å². The van der Waals surface area contributed by atoms with E-state index in [1.54, 1.807) is 29.0 Å². The van der Waals surface area contributed by atoms with E-state index in [9.17, 15) is 8.42 Å². The molecule has 0 bridgehead atoms. The summed E-state index contributed by atoms with van der Waals surface area (Å²) < 4.78 is 29.5. The van der Waals surface area contributed by atoms with E-state index >= 15 is 0 Å². The fraction of sp³-hybridized carbons (Fsp3) is 0.471. The molecule has 8 heteroatoms. The molecule has 1 aliphatic heterocycles. The summed E-state index contributed by atoms with van der Waals surface area (Å²) in [6.45, 7) is 5.61. The summed E-state index contributed by atoms with van der Waals surface area (Å²) in [4.78, 5) is 4.23. The Labute approximate surface area is 155 Å². The van der Waals surface area contributed by atoms with Gasteiger partial charge in [0.2, 0.25) is 0 Å². The Bertz CT molecular complexity index is 798. The highest BCUT2D eigenvalue weighted by Gasteiger charge is 2.35. The van der Waals surface area contributed by atoms with Crippen molar-refractivity contribution >= 4 is 22.4 Å². The van der Waals surface area contributed by atoms with Crippen LogP contribution in [0, 0.1) is 6.92 Å². The molecular formula is C17H25ClN4O2S. The number of hydrogen-bond acceptors (Lipinski definition) is 4. The summed E-state index contributed by atoms with van der Waals surface area (Å²) in [5, 5.41) is 3.42. The second kappa shape index (κ2) is 7.86. The quantitative estimate of drug-likeness (QED) is 0.876. The largest absolute Gasteiger partial charge is 0.337 e. The van der Waals surface area contributed by atoms with Crippen LogP contribution in [0.5, 0.6) is 0 Å². The van der Waals surface area contributed by atoms with E-state index < -0.39 is 10.0 Å². The Balaban J connectivity index is 0.00000225. The number of sulfonamides is 1. The maximum atomic E-state index is 13.1. The van der Waals surface area contributed by atoms with Gasteiger partial charge < -0.3 is 9.88 Å². The van der Waals surface area contributed by atoms with Gasteiger partial charge in [-0.15, -0.1) is 12.4 Å². The van der Waals surface area contributed by atoms with Gasteiger partial charge in [-0.05, 0) is 24.5 Å². The van der Waals surface area contributed by atoms with Crippen LogP contribution in [0.3, 0.4) is 0 Å². The number of aromatic nitrogens is 2. The average molecular weight is 385 g/mol. The van der Waals surface area contributed by atoms with Gasteiger partial charge in [-0.2, -0.15) is 4.31 Å². The Morgan fingerprint density at radius 2 is 1.96 bits per heavy atom. The molecule has 0 aliphatic carbocycles. The van der Waals surface area contributed by atoms with E-state index in [0.717, 1.165) is 12.0 Å². The number of nitrogens with one attached hydrogen (secondary N) is 1. The molecule has 1 atom stereocenters. The maximum absolute atomic E-state index is 13.1. The summed E-state index contributed by atoms with van der Waals surface area (Å²) in [5.74, 6) is 0.688. The van der Waals surface area contributed by atoms with Crippen molar-refractivity contribution in [2.75, 3.05) is 19.6 Å². The number of imidazole rings is 1. The van der Waals surface area contributed by atoms with Crippen molar-refractivity contribution in [3.05, 3.63) is 47.4 Å². The molecule has 0 spiro atoms. The van der Waals surface area contributed by atoms with Crippen LogP contribution in [-0.4, -0.2) is 41.9 Å². The van der Waals surface area contributed by atoms with Gasteiger partial charge in [-0.3, -0.25) is 0 Å². The van der Waals surface area contributed by atoms with E-state index in [1.807, 2.05) is 12.1 Å². The average Bonchev–Trinajstić information content (AvgIpc) is 2.95. The van der Waals surface area contributed by atoms with Gasteiger partial charge in [-0.25, -0.2) is 13.4 Å². The second-order valence-electron chi connectivity index (χ2n) is 6.17. The lowest BCUT2D eigenvalue weighted by molar-refractivity contribution is 0.271. The van der Waals surface area contributed by atoms with E-state index in [1.165, 1.54) is 5.56 Å². The van der Waals surface area contributed by atoms with Gasteiger partial charge in [0, 0.05) is 32.9 Å². The van der Waals surface area contributed by atoms with E-state index in [2.05, 4.69) is 29.4 Å². The van der Waals surface area contributed by atoms with E-state index in [4.69, 9.17) is 0 Å². The summed E-state index contributed by atoms with van der Waals surface area (Å²) in [7, 11) is -1.81. The molecule has 1 aromatic carbocycles. The van der Waals surface area contributed by atoms with Crippen molar-refractivity contribution in [3.8, 4) is 0 Å². The van der Waals surface area contributed by atoms with Crippen LogP contribution in [0.1, 0.15) is 29.9 Å². The van der Waals surface area contributed by atoms with Crippen molar-refractivity contribution in [3.63, 3.8) is 0 Å². The summed E-state index contributed by atoms with van der Waals surface area (Å²) in [6, 6.07) is 7.99. The molecule has 2 heterocycles. The zero-order valence-corrected chi connectivity index (χ0v) is 16.4. The number of aryl methyl sites for hydroxylation is 3. The molecule has 2 aromatic rings. The lowest BCUT2D eigenvalue weighted by atomic mass is 10.0.